The number of carbonyl (C=O) groups excluding carboxylic acids is 2. The van der Waals surface area contributed by atoms with Crippen LogP contribution in [0.3, 0.4) is 0 Å². The van der Waals surface area contributed by atoms with Gasteiger partial charge in [-0.1, -0.05) is 43.3 Å². The molecule has 5 N–H and O–H groups in total. The zero-order valence-corrected chi connectivity index (χ0v) is 19.8. The number of pyridine rings is 1. The first kappa shape index (κ1) is 23.2. The molecule has 6 rings (SSSR count). The number of nitrogens with one attached hydrogen (secondary N) is 3. The first-order chi connectivity index (χ1) is 17.5. The molecular formula is C28H27N5O3. The molecule has 0 saturated heterocycles. The van der Waals surface area contributed by atoms with Gasteiger partial charge >= 0.3 is 6.09 Å². The number of rotatable bonds is 2. The summed E-state index contributed by atoms with van der Waals surface area (Å²) in [4.78, 5) is 29.8. The van der Waals surface area contributed by atoms with E-state index in [0.717, 1.165) is 33.2 Å². The molecule has 182 valence electrons. The topological polar surface area (TPSA) is 118 Å². The number of ether oxygens (including phenoxy) is 1. The first-order valence-corrected chi connectivity index (χ1v) is 11.8. The van der Waals surface area contributed by atoms with Crippen molar-refractivity contribution in [3.05, 3.63) is 95.7 Å². The molecule has 3 heterocycles. The van der Waals surface area contributed by atoms with Crippen molar-refractivity contribution >= 4 is 40.0 Å². The van der Waals surface area contributed by atoms with Crippen molar-refractivity contribution in [2.45, 2.75) is 25.4 Å². The van der Waals surface area contributed by atoms with Crippen LogP contribution in [-0.4, -0.2) is 23.6 Å². The molecule has 3 aromatic carbocycles. The average molecular weight is 482 g/mol. The second-order valence-corrected chi connectivity index (χ2v) is 8.92. The molecule has 0 spiro atoms. The lowest BCUT2D eigenvalue weighted by Crippen LogP contribution is -2.33. The monoisotopic (exact) mass is 481 g/mol. The minimum absolute atomic E-state index is 0.0103. The number of amides is 2. The number of benzene rings is 3. The summed E-state index contributed by atoms with van der Waals surface area (Å²) in [6, 6.07) is 22.1. The van der Waals surface area contributed by atoms with Crippen LogP contribution in [0.5, 0.6) is 0 Å². The number of nitrogens with two attached hydrogens (primary N) is 1. The highest BCUT2D eigenvalue weighted by atomic mass is 16.5. The summed E-state index contributed by atoms with van der Waals surface area (Å²) in [7, 11) is 0. The molecule has 8 heteroatoms. The van der Waals surface area contributed by atoms with E-state index in [2.05, 4.69) is 20.9 Å². The maximum atomic E-state index is 13.4. The van der Waals surface area contributed by atoms with Crippen LogP contribution in [0, 0.1) is 0 Å². The molecule has 1 aromatic heterocycles. The molecule has 1 unspecified atom stereocenters. The number of anilines is 3. The zero-order chi connectivity index (χ0) is 25.1. The fourth-order valence-corrected chi connectivity index (χ4v) is 4.28. The van der Waals surface area contributed by atoms with E-state index < -0.39 is 12.1 Å². The van der Waals surface area contributed by atoms with E-state index in [1.807, 2.05) is 73.7 Å². The Labute approximate surface area is 208 Å². The van der Waals surface area contributed by atoms with Crippen LogP contribution in [0.4, 0.5) is 22.0 Å². The normalized spacial score (nSPS) is 18.2. The maximum absolute atomic E-state index is 13.4. The summed E-state index contributed by atoms with van der Waals surface area (Å²) < 4.78 is 5.42. The molecule has 0 fully saturated rings. The van der Waals surface area contributed by atoms with Crippen molar-refractivity contribution in [1.29, 1.82) is 0 Å². The fraction of sp³-hybridized carbons (Fsp3) is 0.179. The van der Waals surface area contributed by atoms with Crippen LogP contribution in [0.2, 0.25) is 0 Å². The summed E-state index contributed by atoms with van der Waals surface area (Å²) in [5.74, 6) is 0.285. The maximum Gasteiger partial charge on any atom is 0.411 e. The molecule has 2 aliphatic heterocycles. The summed E-state index contributed by atoms with van der Waals surface area (Å²) in [5, 5.41) is 11.0. The number of nitrogen functional groups attached to an aromatic ring is 1. The molecular weight excluding hydrogens is 454 g/mol. The van der Waals surface area contributed by atoms with Crippen LogP contribution in [0.1, 0.15) is 35.6 Å². The molecule has 2 aliphatic rings. The number of hydrogen-bond acceptors (Lipinski definition) is 6. The molecule has 36 heavy (non-hydrogen) atoms. The van der Waals surface area contributed by atoms with Gasteiger partial charge in [-0.2, -0.15) is 0 Å². The van der Waals surface area contributed by atoms with Gasteiger partial charge in [-0.05, 0) is 58.5 Å². The lowest BCUT2D eigenvalue weighted by Gasteiger charge is -2.22. The number of fused-ring (bicyclic) bond motifs is 10. The highest BCUT2D eigenvalue weighted by Crippen LogP contribution is 2.27. The predicted octanol–water partition coefficient (Wildman–Crippen LogP) is 4.95. The van der Waals surface area contributed by atoms with Crippen molar-refractivity contribution in [3.63, 3.8) is 0 Å². The Morgan fingerprint density at radius 3 is 2.64 bits per heavy atom. The smallest absolute Gasteiger partial charge is 0.411 e. The second kappa shape index (κ2) is 9.95. The van der Waals surface area contributed by atoms with E-state index in [4.69, 9.17) is 10.5 Å². The van der Waals surface area contributed by atoms with Gasteiger partial charge < -0.3 is 21.1 Å². The first-order valence-electron chi connectivity index (χ1n) is 11.8. The van der Waals surface area contributed by atoms with E-state index >= 15 is 0 Å². The minimum atomic E-state index is -0.627. The Hall–Kier alpha value is -4.59. The van der Waals surface area contributed by atoms with Crippen molar-refractivity contribution < 1.29 is 14.3 Å². The van der Waals surface area contributed by atoms with Gasteiger partial charge in [-0.3, -0.25) is 10.1 Å². The van der Waals surface area contributed by atoms with Gasteiger partial charge in [0.25, 0.3) is 0 Å². The number of aromatic nitrogens is 1. The number of carbonyl (C=O) groups is 2. The lowest BCUT2D eigenvalue weighted by molar-refractivity contribution is -0.122. The van der Waals surface area contributed by atoms with Crippen LogP contribution in [0.15, 0.2) is 79.0 Å². The fourth-order valence-electron chi connectivity index (χ4n) is 4.28. The number of nitrogens with zero attached hydrogens (tertiary/aromatic N) is 1. The van der Waals surface area contributed by atoms with Crippen LogP contribution < -0.4 is 21.7 Å². The summed E-state index contributed by atoms with van der Waals surface area (Å²) in [6.07, 6.45) is 1.16. The third-order valence-electron chi connectivity index (χ3n) is 6.31. The van der Waals surface area contributed by atoms with Crippen LogP contribution in [0.25, 0.3) is 10.8 Å². The molecule has 2 amide bonds. The quantitative estimate of drug-likeness (QED) is 0.322. The lowest BCUT2D eigenvalue weighted by atomic mass is 9.97. The summed E-state index contributed by atoms with van der Waals surface area (Å²) in [5.41, 5.74) is 10.1. The van der Waals surface area contributed by atoms with E-state index in [1.165, 1.54) is 0 Å². The van der Waals surface area contributed by atoms with Crippen LogP contribution >= 0.6 is 0 Å². The molecule has 4 bridgehead atoms. The summed E-state index contributed by atoms with van der Waals surface area (Å²) >= 11 is 0. The zero-order valence-electron chi connectivity index (χ0n) is 19.8. The Kier molecular flexibility index (Phi) is 6.40. The van der Waals surface area contributed by atoms with E-state index in [-0.39, 0.29) is 18.4 Å². The summed E-state index contributed by atoms with van der Waals surface area (Å²) in [6.45, 7) is 2.53. The van der Waals surface area contributed by atoms with Gasteiger partial charge in [0.15, 0.2) is 0 Å². The second-order valence-electron chi connectivity index (χ2n) is 8.92. The minimum Gasteiger partial charge on any atom is -0.449 e. The largest absolute Gasteiger partial charge is 0.449 e. The molecule has 2 atom stereocenters. The average Bonchev–Trinajstić information content (AvgIpc) is 2.89. The van der Waals surface area contributed by atoms with E-state index in [9.17, 15) is 9.59 Å². The number of hydrogen-bond donors (Lipinski definition) is 4. The van der Waals surface area contributed by atoms with Crippen molar-refractivity contribution in [3.8, 4) is 0 Å². The van der Waals surface area contributed by atoms with Gasteiger partial charge in [0.2, 0.25) is 5.91 Å². The van der Waals surface area contributed by atoms with Crippen molar-refractivity contribution in [1.82, 2.24) is 10.3 Å². The van der Waals surface area contributed by atoms with E-state index in [0.29, 0.717) is 18.1 Å². The third-order valence-corrected chi connectivity index (χ3v) is 6.31. The highest BCUT2D eigenvalue weighted by Gasteiger charge is 2.22. The standard InChI is InChI=1S/C28H27N5O3/c1-17-16-36-28(35)33-22-4-2-3-18(13-22)15-31-27(34)25(20-7-5-19(17)6-8-20)32-23-9-10-24-21(14-23)11-12-30-26(24)29/h2-14,17,25,32H,15-16H2,1H3,(H2,29,30)(H,31,34)(H,33,35)/t17?,25-/m1/s1. The van der Waals surface area contributed by atoms with Crippen molar-refractivity contribution in [2.24, 2.45) is 0 Å². The third kappa shape index (κ3) is 5.07. The highest BCUT2D eigenvalue weighted by molar-refractivity contribution is 5.94. The molecule has 0 aliphatic carbocycles. The SMILES string of the molecule is CC1COC(=O)Nc2cccc(c2)CNC(=O)[C@H](Nc2ccc3c(N)nccc3c2)c2ccc1cc2. The molecule has 0 radical (unpaired) electrons. The van der Waals surface area contributed by atoms with E-state index in [1.54, 1.807) is 12.3 Å². The Balaban J connectivity index is 1.48. The van der Waals surface area contributed by atoms with Crippen molar-refractivity contribution in [2.75, 3.05) is 23.0 Å². The molecule has 8 nitrogen and oxygen atoms in total. The van der Waals surface area contributed by atoms with Gasteiger partial charge in [-0.15, -0.1) is 0 Å². The van der Waals surface area contributed by atoms with Gasteiger partial charge in [-0.25, -0.2) is 9.78 Å². The van der Waals surface area contributed by atoms with Gasteiger partial charge in [0.05, 0.1) is 6.61 Å². The Morgan fingerprint density at radius 1 is 1.00 bits per heavy atom. The molecule has 4 aromatic rings. The predicted molar refractivity (Wildman–Crippen MR) is 141 cm³/mol. The van der Waals surface area contributed by atoms with Gasteiger partial charge in [0.1, 0.15) is 11.9 Å². The Bertz CT molecular complexity index is 1420. The Morgan fingerprint density at radius 2 is 1.81 bits per heavy atom. The van der Waals surface area contributed by atoms with Crippen LogP contribution in [-0.2, 0) is 16.1 Å². The van der Waals surface area contributed by atoms with Gasteiger partial charge in [0, 0.05) is 35.4 Å². The molecule has 0 saturated carbocycles.